The molecule has 0 saturated carbocycles. The molecule has 0 aliphatic carbocycles. The van der Waals surface area contributed by atoms with E-state index in [1.54, 1.807) is 0 Å². The van der Waals surface area contributed by atoms with E-state index in [0.29, 0.717) is 5.02 Å². The van der Waals surface area contributed by atoms with E-state index in [4.69, 9.17) is 16.3 Å². The summed E-state index contributed by atoms with van der Waals surface area (Å²) in [4.78, 5) is 0. The number of aryl methyl sites for hydroxylation is 1. The molecule has 0 spiro atoms. The van der Waals surface area contributed by atoms with Gasteiger partial charge in [0.05, 0.1) is 5.02 Å². The smallest absolute Gasteiger partial charge is 0.138 e. The Morgan fingerprint density at radius 2 is 2.18 bits per heavy atom. The van der Waals surface area contributed by atoms with E-state index in [2.05, 4.69) is 19.2 Å². The maximum Gasteiger partial charge on any atom is 0.138 e. The van der Waals surface area contributed by atoms with Crippen LogP contribution in [0.2, 0.25) is 5.02 Å². The third-order valence-electron chi connectivity index (χ3n) is 2.55. The molecule has 0 radical (unpaired) electrons. The highest BCUT2D eigenvalue weighted by Crippen LogP contribution is 2.26. The molecule has 0 amide bonds. The zero-order valence-electron chi connectivity index (χ0n) is 10.9. The Kier molecular flexibility index (Phi) is 6.38. The van der Waals surface area contributed by atoms with Crippen molar-refractivity contribution in [2.75, 3.05) is 13.1 Å². The molecule has 0 heterocycles. The van der Waals surface area contributed by atoms with Crippen molar-refractivity contribution in [3.8, 4) is 5.75 Å². The predicted octanol–water partition coefficient (Wildman–Crippen LogP) is 3.81. The van der Waals surface area contributed by atoms with E-state index in [1.807, 2.05) is 25.1 Å². The van der Waals surface area contributed by atoms with Gasteiger partial charge in [0.1, 0.15) is 11.9 Å². The van der Waals surface area contributed by atoms with Crippen LogP contribution in [0.25, 0.3) is 0 Å². The van der Waals surface area contributed by atoms with Crippen molar-refractivity contribution >= 4 is 11.6 Å². The molecule has 2 nitrogen and oxygen atoms in total. The molecule has 1 atom stereocenters. The maximum atomic E-state index is 6.08. The van der Waals surface area contributed by atoms with Crippen molar-refractivity contribution in [2.45, 2.75) is 39.7 Å². The van der Waals surface area contributed by atoms with Gasteiger partial charge in [0.2, 0.25) is 0 Å². The Morgan fingerprint density at radius 3 is 2.88 bits per heavy atom. The van der Waals surface area contributed by atoms with Gasteiger partial charge < -0.3 is 10.1 Å². The number of ether oxygens (including phenoxy) is 1. The molecule has 17 heavy (non-hydrogen) atoms. The summed E-state index contributed by atoms with van der Waals surface area (Å²) in [5, 5.41) is 4.05. The van der Waals surface area contributed by atoms with E-state index in [9.17, 15) is 0 Å². The summed E-state index contributed by atoms with van der Waals surface area (Å²) in [6.45, 7) is 8.18. The molecule has 96 valence electrons. The molecule has 0 aromatic heterocycles. The average molecular weight is 256 g/mol. The fourth-order valence-corrected chi connectivity index (χ4v) is 1.73. The molecule has 0 saturated heterocycles. The van der Waals surface area contributed by atoms with Crippen LogP contribution in [0.4, 0.5) is 0 Å². The van der Waals surface area contributed by atoms with E-state index in [-0.39, 0.29) is 6.10 Å². The number of nitrogens with one attached hydrogen (secondary N) is 1. The molecule has 3 heteroatoms. The molecule has 1 aromatic carbocycles. The summed E-state index contributed by atoms with van der Waals surface area (Å²) >= 11 is 6.08. The second-order valence-electron chi connectivity index (χ2n) is 4.42. The van der Waals surface area contributed by atoms with Crippen LogP contribution >= 0.6 is 11.6 Å². The highest BCUT2D eigenvalue weighted by atomic mass is 35.5. The number of rotatable bonds is 7. The Morgan fingerprint density at radius 1 is 1.41 bits per heavy atom. The topological polar surface area (TPSA) is 21.3 Å². The lowest BCUT2D eigenvalue weighted by molar-refractivity contribution is 0.217. The van der Waals surface area contributed by atoms with Gasteiger partial charge in [-0.05, 0) is 44.5 Å². The van der Waals surface area contributed by atoms with Gasteiger partial charge in [-0.1, -0.05) is 31.0 Å². The molecule has 0 fully saturated rings. The summed E-state index contributed by atoms with van der Waals surface area (Å²) in [6.07, 6.45) is 2.55. The average Bonchev–Trinajstić information content (AvgIpc) is 2.29. The minimum atomic E-state index is 0.131. The van der Waals surface area contributed by atoms with Crippen molar-refractivity contribution in [1.29, 1.82) is 0 Å². The highest BCUT2D eigenvalue weighted by molar-refractivity contribution is 6.32. The SMILES string of the molecule is CCCCNCC(C)Oc1cc(C)ccc1Cl. The lowest BCUT2D eigenvalue weighted by Gasteiger charge is -2.16. The number of halogens is 1. The molecule has 1 aromatic rings. The molecular weight excluding hydrogens is 234 g/mol. The van der Waals surface area contributed by atoms with Crippen LogP contribution in [0.5, 0.6) is 5.75 Å². The van der Waals surface area contributed by atoms with Gasteiger partial charge in [-0.2, -0.15) is 0 Å². The van der Waals surface area contributed by atoms with Gasteiger partial charge in [-0.25, -0.2) is 0 Å². The van der Waals surface area contributed by atoms with Crippen molar-refractivity contribution in [3.63, 3.8) is 0 Å². The van der Waals surface area contributed by atoms with Gasteiger partial charge >= 0.3 is 0 Å². The van der Waals surface area contributed by atoms with Crippen molar-refractivity contribution in [3.05, 3.63) is 28.8 Å². The standard InChI is InChI=1S/C14H22ClNO/c1-4-5-8-16-10-12(3)17-14-9-11(2)6-7-13(14)15/h6-7,9,12,16H,4-5,8,10H2,1-3H3. The summed E-state index contributed by atoms with van der Waals surface area (Å²) < 4.78 is 5.81. The molecule has 1 N–H and O–H groups in total. The van der Waals surface area contributed by atoms with Gasteiger partial charge in [0.15, 0.2) is 0 Å². The van der Waals surface area contributed by atoms with Gasteiger partial charge in [-0.15, -0.1) is 0 Å². The summed E-state index contributed by atoms with van der Waals surface area (Å²) in [5.41, 5.74) is 1.16. The minimum Gasteiger partial charge on any atom is -0.488 e. The zero-order chi connectivity index (χ0) is 12.7. The van der Waals surface area contributed by atoms with Crippen LogP contribution < -0.4 is 10.1 Å². The Balaban J connectivity index is 2.39. The van der Waals surface area contributed by atoms with Crippen LogP contribution in [0, 0.1) is 6.92 Å². The normalized spacial score (nSPS) is 12.5. The predicted molar refractivity (Wildman–Crippen MR) is 74.1 cm³/mol. The van der Waals surface area contributed by atoms with Gasteiger partial charge in [0, 0.05) is 6.54 Å². The van der Waals surface area contributed by atoms with Gasteiger partial charge in [0.25, 0.3) is 0 Å². The third kappa shape index (κ3) is 5.42. The number of benzene rings is 1. The molecule has 0 bridgehead atoms. The minimum absolute atomic E-state index is 0.131. The fraction of sp³-hybridized carbons (Fsp3) is 0.571. The second kappa shape index (κ2) is 7.57. The number of hydrogen-bond acceptors (Lipinski definition) is 2. The van der Waals surface area contributed by atoms with Gasteiger partial charge in [-0.3, -0.25) is 0 Å². The number of unbranched alkanes of at least 4 members (excludes halogenated alkanes) is 1. The monoisotopic (exact) mass is 255 g/mol. The number of hydrogen-bond donors (Lipinski definition) is 1. The third-order valence-corrected chi connectivity index (χ3v) is 2.87. The van der Waals surface area contributed by atoms with E-state index >= 15 is 0 Å². The first kappa shape index (κ1) is 14.3. The molecule has 1 unspecified atom stereocenters. The largest absolute Gasteiger partial charge is 0.488 e. The zero-order valence-corrected chi connectivity index (χ0v) is 11.7. The van der Waals surface area contributed by atoms with E-state index in [0.717, 1.165) is 24.4 Å². The van der Waals surface area contributed by atoms with Crippen molar-refractivity contribution in [2.24, 2.45) is 0 Å². The lowest BCUT2D eigenvalue weighted by atomic mass is 10.2. The summed E-state index contributed by atoms with van der Waals surface area (Å²) in [6, 6.07) is 5.84. The molecule has 1 rings (SSSR count). The second-order valence-corrected chi connectivity index (χ2v) is 4.83. The first-order valence-corrected chi connectivity index (χ1v) is 6.64. The maximum absolute atomic E-state index is 6.08. The first-order valence-electron chi connectivity index (χ1n) is 6.27. The Labute approximate surface area is 109 Å². The molecule has 0 aliphatic rings. The summed E-state index contributed by atoms with van der Waals surface area (Å²) in [7, 11) is 0. The molecular formula is C14H22ClNO. The van der Waals surface area contributed by atoms with Crippen LogP contribution in [0.3, 0.4) is 0 Å². The van der Waals surface area contributed by atoms with E-state index < -0.39 is 0 Å². The van der Waals surface area contributed by atoms with Crippen molar-refractivity contribution < 1.29 is 4.74 Å². The van der Waals surface area contributed by atoms with Crippen LogP contribution in [-0.4, -0.2) is 19.2 Å². The summed E-state index contributed by atoms with van der Waals surface area (Å²) in [5.74, 6) is 0.774. The molecule has 0 aliphatic heterocycles. The van der Waals surface area contributed by atoms with Crippen LogP contribution in [0.1, 0.15) is 32.3 Å². The van der Waals surface area contributed by atoms with Crippen molar-refractivity contribution in [1.82, 2.24) is 5.32 Å². The van der Waals surface area contributed by atoms with Crippen LogP contribution in [0.15, 0.2) is 18.2 Å². The highest BCUT2D eigenvalue weighted by Gasteiger charge is 2.07. The van der Waals surface area contributed by atoms with Crippen LogP contribution in [-0.2, 0) is 0 Å². The lowest BCUT2D eigenvalue weighted by Crippen LogP contribution is -2.29. The van der Waals surface area contributed by atoms with E-state index in [1.165, 1.54) is 12.8 Å². The Bertz CT molecular complexity index is 341. The first-order chi connectivity index (χ1) is 8.13. The quantitative estimate of drug-likeness (QED) is 0.749. The Hall–Kier alpha value is -0.730. The fourth-order valence-electron chi connectivity index (χ4n) is 1.57.